The predicted octanol–water partition coefficient (Wildman–Crippen LogP) is 1.32. The Morgan fingerprint density at radius 3 is 1.69 bits per heavy atom. The van der Waals surface area contributed by atoms with Crippen LogP contribution in [-0.4, -0.2) is 46.0 Å². The van der Waals surface area contributed by atoms with E-state index in [1.165, 1.54) is 0 Å². The van der Waals surface area contributed by atoms with Crippen molar-refractivity contribution in [2.45, 2.75) is 19.9 Å². The number of carbonyl (C=O) groups is 2. The molecule has 0 aromatic heterocycles. The lowest BCUT2D eigenvalue weighted by atomic mass is 10.3. The van der Waals surface area contributed by atoms with Crippen molar-refractivity contribution in [3.05, 3.63) is 0 Å². The highest BCUT2D eigenvalue weighted by molar-refractivity contribution is 8.14. The molecule has 0 heterocycles. The van der Waals surface area contributed by atoms with E-state index in [4.69, 9.17) is 11.5 Å². The number of primary amides is 2. The van der Waals surface area contributed by atoms with Crippen LogP contribution in [0.5, 0.6) is 0 Å². The monoisotopic (exact) mass is 265 g/mol. The molecule has 2 amide bonds. The van der Waals surface area contributed by atoms with Crippen molar-refractivity contribution in [1.29, 1.82) is 0 Å². The van der Waals surface area contributed by atoms with E-state index in [1.807, 2.05) is 13.8 Å². The summed E-state index contributed by atoms with van der Waals surface area (Å²) in [5, 5.41) is -0.775. The van der Waals surface area contributed by atoms with Crippen molar-refractivity contribution in [3.63, 3.8) is 0 Å². The van der Waals surface area contributed by atoms with Crippen LogP contribution in [0.1, 0.15) is 13.8 Å². The summed E-state index contributed by atoms with van der Waals surface area (Å²) in [6.07, 6.45) is 0. The van der Waals surface area contributed by atoms with E-state index in [0.717, 1.165) is 36.6 Å². The minimum absolute atomic E-state index is 0.144. The number of nitrogens with two attached hydrogens (primary N) is 2. The molecule has 94 valence electrons. The molecule has 0 fully saturated rings. The zero-order valence-corrected chi connectivity index (χ0v) is 11.3. The fourth-order valence-electron chi connectivity index (χ4n) is 1.36. The number of thioether (sulfide) groups is 2. The fourth-order valence-corrected chi connectivity index (χ4v) is 2.88. The zero-order chi connectivity index (χ0) is 12.6. The maximum Gasteiger partial charge on any atom is 0.276 e. The van der Waals surface area contributed by atoms with Gasteiger partial charge in [-0.3, -0.25) is 14.5 Å². The predicted molar refractivity (Wildman–Crippen MR) is 70.8 cm³/mol. The normalized spacial score (nSPS) is 11.0. The van der Waals surface area contributed by atoms with E-state index >= 15 is 0 Å². The molecule has 5 nitrogen and oxygen atoms in total. The van der Waals surface area contributed by atoms with Gasteiger partial charge in [-0.05, 0) is 13.1 Å². The Kier molecular flexibility index (Phi) is 8.50. The summed E-state index contributed by atoms with van der Waals surface area (Å²) in [5.74, 6) is 1.19. The van der Waals surface area contributed by atoms with Crippen LogP contribution in [0, 0.1) is 0 Å². The van der Waals surface area contributed by atoms with Crippen molar-refractivity contribution in [3.8, 4) is 0 Å². The number of amides is 2. The second-order valence-electron chi connectivity index (χ2n) is 3.14. The second kappa shape index (κ2) is 8.72. The molecule has 0 aliphatic carbocycles. The molecule has 0 aliphatic rings. The quantitative estimate of drug-likeness (QED) is 0.724. The van der Waals surface area contributed by atoms with Crippen molar-refractivity contribution in [2.75, 3.05) is 24.6 Å². The van der Waals surface area contributed by atoms with Gasteiger partial charge in [0.2, 0.25) is 0 Å². The van der Waals surface area contributed by atoms with Gasteiger partial charge in [-0.25, -0.2) is 0 Å². The van der Waals surface area contributed by atoms with Gasteiger partial charge >= 0.3 is 0 Å². The summed E-state index contributed by atoms with van der Waals surface area (Å²) in [4.78, 5) is 23.6. The fraction of sp³-hybridized carbons (Fsp3) is 0.778. The first-order chi connectivity index (χ1) is 7.51. The van der Waals surface area contributed by atoms with Gasteiger partial charge in [-0.15, -0.1) is 0 Å². The van der Waals surface area contributed by atoms with Gasteiger partial charge in [-0.2, -0.15) is 0 Å². The van der Waals surface area contributed by atoms with Crippen LogP contribution in [0.15, 0.2) is 0 Å². The average molecular weight is 265 g/mol. The highest BCUT2D eigenvalue weighted by atomic mass is 32.2. The largest absolute Gasteiger partial charge is 0.361 e. The van der Waals surface area contributed by atoms with Gasteiger partial charge in [0.1, 0.15) is 0 Å². The summed E-state index contributed by atoms with van der Waals surface area (Å²) in [6.45, 7) is 5.83. The molecule has 0 saturated carbocycles. The Bertz CT molecular complexity index is 217. The molecule has 0 aromatic carbocycles. The van der Waals surface area contributed by atoms with E-state index in [-0.39, 0.29) is 16.5 Å². The van der Waals surface area contributed by atoms with Crippen LogP contribution in [0.2, 0.25) is 0 Å². The molecule has 0 spiro atoms. The molecule has 4 N–H and O–H groups in total. The zero-order valence-electron chi connectivity index (χ0n) is 9.64. The number of carbonyl (C=O) groups excluding carboxylic acids is 2. The van der Waals surface area contributed by atoms with Crippen LogP contribution in [0.25, 0.3) is 0 Å². The number of nitrogens with zero attached hydrogens (tertiary/aromatic N) is 1. The maximum absolute atomic E-state index is 10.7. The van der Waals surface area contributed by atoms with Crippen LogP contribution in [0.4, 0.5) is 9.59 Å². The van der Waals surface area contributed by atoms with Gasteiger partial charge < -0.3 is 11.5 Å². The molecular formula is C9H19N3O2S2. The second-order valence-corrected chi connectivity index (χ2v) is 5.18. The molecule has 0 aliphatic heterocycles. The smallest absolute Gasteiger partial charge is 0.276 e. The van der Waals surface area contributed by atoms with Gasteiger partial charge in [0, 0.05) is 17.5 Å². The molecule has 0 saturated heterocycles. The van der Waals surface area contributed by atoms with Crippen LogP contribution >= 0.6 is 23.5 Å². The van der Waals surface area contributed by atoms with E-state index in [1.54, 1.807) is 0 Å². The SMILES string of the molecule is CCN(CC)C(CSC(N)=O)CSC(N)=O. The summed E-state index contributed by atoms with van der Waals surface area (Å²) in [5.41, 5.74) is 10.2. The molecule has 0 rings (SSSR count). The molecule has 7 heteroatoms. The van der Waals surface area contributed by atoms with E-state index in [0.29, 0.717) is 11.5 Å². The third-order valence-electron chi connectivity index (χ3n) is 2.16. The first kappa shape index (κ1) is 15.6. The first-order valence-corrected chi connectivity index (χ1v) is 7.06. The third-order valence-corrected chi connectivity index (χ3v) is 3.84. The van der Waals surface area contributed by atoms with Crippen molar-refractivity contribution in [1.82, 2.24) is 4.90 Å². The number of hydrogen-bond donors (Lipinski definition) is 2. The Morgan fingerprint density at radius 2 is 1.44 bits per heavy atom. The lowest BCUT2D eigenvalue weighted by Gasteiger charge is -2.28. The van der Waals surface area contributed by atoms with Crippen molar-refractivity contribution < 1.29 is 9.59 Å². The van der Waals surface area contributed by atoms with Gasteiger partial charge in [-0.1, -0.05) is 37.4 Å². The third kappa shape index (κ3) is 6.97. The number of hydrogen-bond acceptors (Lipinski definition) is 5. The Balaban J connectivity index is 4.24. The molecule has 16 heavy (non-hydrogen) atoms. The molecule has 0 radical (unpaired) electrons. The highest BCUT2D eigenvalue weighted by Crippen LogP contribution is 2.14. The van der Waals surface area contributed by atoms with E-state index in [9.17, 15) is 9.59 Å². The van der Waals surface area contributed by atoms with Gasteiger partial charge in [0.05, 0.1) is 0 Å². The average Bonchev–Trinajstić information content (AvgIpc) is 2.22. The first-order valence-electron chi connectivity index (χ1n) is 5.09. The van der Waals surface area contributed by atoms with Gasteiger partial charge in [0.15, 0.2) is 0 Å². The Hall–Kier alpha value is -0.400. The summed E-state index contributed by atoms with van der Waals surface area (Å²) >= 11 is 2.16. The lowest BCUT2D eigenvalue weighted by Crippen LogP contribution is -2.39. The summed E-state index contributed by atoms with van der Waals surface area (Å²) < 4.78 is 0. The number of rotatable bonds is 7. The van der Waals surface area contributed by atoms with E-state index < -0.39 is 0 Å². The maximum atomic E-state index is 10.7. The van der Waals surface area contributed by atoms with Crippen LogP contribution < -0.4 is 11.5 Å². The highest BCUT2D eigenvalue weighted by Gasteiger charge is 2.17. The molecular weight excluding hydrogens is 246 g/mol. The van der Waals surface area contributed by atoms with Crippen LogP contribution in [0.3, 0.4) is 0 Å². The van der Waals surface area contributed by atoms with E-state index in [2.05, 4.69) is 4.90 Å². The Morgan fingerprint density at radius 1 is 1.06 bits per heavy atom. The van der Waals surface area contributed by atoms with Gasteiger partial charge in [0.25, 0.3) is 10.5 Å². The standard InChI is InChI=1S/C9H19N3O2S2/c1-3-12(4-2)7(5-15-8(10)13)6-16-9(11)14/h7H,3-6H2,1-2H3,(H2,10,13)(H2,11,14). The molecule has 0 aromatic rings. The molecule has 0 bridgehead atoms. The summed E-state index contributed by atoms with van der Waals surface area (Å²) in [7, 11) is 0. The minimum atomic E-state index is -0.388. The van der Waals surface area contributed by atoms with Crippen molar-refractivity contribution in [2.24, 2.45) is 11.5 Å². The van der Waals surface area contributed by atoms with Crippen LogP contribution in [-0.2, 0) is 0 Å². The molecule has 0 atom stereocenters. The Labute approximate surface area is 105 Å². The minimum Gasteiger partial charge on any atom is -0.361 e. The topological polar surface area (TPSA) is 89.4 Å². The molecule has 0 unspecified atom stereocenters. The lowest BCUT2D eigenvalue weighted by molar-refractivity contribution is 0.252. The summed E-state index contributed by atoms with van der Waals surface area (Å²) in [6, 6.07) is 0.144. The van der Waals surface area contributed by atoms with Crippen molar-refractivity contribution >= 4 is 34.0 Å².